The van der Waals surface area contributed by atoms with Crippen LogP contribution in [0.15, 0.2) is 54.6 Å². The lowest BCUT2D eigenvalue weighted by Gasteiger charge is -2.28. The van der Waals surface area contributed by atoms with Gasteiger partial charge in [0.1, 0.15) is 12.4 Å². The van der Waals surface area contributed by atoms with Gasteiger partial charge >= 0.3 is 0 Å². The molecular formula is C27H27F3O3. The van der Waals surface area contributed by atoms with E-state index < -0.39 is 17.5 Å². The van der Waals surface area contributed by atoms with Crippen LogP contribution in [0.5, 0.6) is 11.5 Å². The fraction of sp³-hybridized carbons (Fsp3) is 0.333. The summed E-state index contributed by atoms with van der Waals surface area (Å²) in [4.78, 5) is 0. The van der Waals surface area contributed by atoms with E-state index in [2.05, 4.69) is 0 Å². The molecule has 6 heteroatoms. The van der Waals surface area contributed by atoms with E-state index in [-0.39, 0.29) is 29.9 Å². The largest absolute Gasteiger partial charge is 0.494 e. The summed E-state index contributed by atoms with van der Waals surface area (Å²) < 4.78 is 59.6. The number of ether oxygens (including phenoxy) is 3. The highest BCUT2D eigenvalue weighted by atomic mass is 19.2. The molecule has 0 aromatic heterocycles. The third-order valence-electron chi connectivity index (χ3n) is 6.35. The van der Waals surface area contributed by atoms with Gasteiger partial charge in [-0.1, -0.05) is 30.3 Å². The molecule has 1 fully saturated rings. The van der Waals surface area contributed by atoms with Crippen molar-refractivity contribution in [3.63, 3.8) is 0 Å². The van der Waals surface area contributed by atoms with E-state index in [9.17, 15) is 13.2 Å². The molecule has 0 aliphatic heterocycles. The van der Waals surface area contributed by atoms with Crippen molar-refractivity contribution in [3.05, 3.63) is 83.2 Å². The Kier molecular flexibility index (Phi) is 7.23. The summed E-state index contributed by atoms with van der Waals surface area (Å²) in [6.45, 7) is 0.170. The fourth-order valence-electron chi connectivity index (χ4n) is 4.41. The summed E-state index contributed by atoms with van der Waals surface area (Å²) >= 11 is 0. The number of hydrogen-bond acceptors (Lipinski definition) is 3. The standard InChI is InChI=1S/C27H27F3O3/c1-31-20-8-4-18(5-9-20)22-12-13-23(27(30)26(22)29)19-6-10-21(11-7-19)33-16-17-3-14-25(32-2)24(28)15-17/h3,6-7,10-15,18,20H,4-5,8-9,16H2,1-2H3. The molecule has 0 heterocycles. The van der Waals surface area contributed by atoms with Crippen molar-refractivity contribution in [2.45, 2.75) is 44.3 Å². The maximum atomic E-state index is 14.9. The van der Waals surface area contributed by atoms with Crippen LogP contribution in [0.25, 0.3) is 11.1 Å². The lowest BCUT2D eigenvalue weighted by molar-refractivity contribution is 0.0655. The van der Waals surface area contributed by atoms with E-state index >= 15 is 0 Å². The number of hydrogen-bond donors (Lipinski definition) is 0. The molecule has 0 unspecified atom stereocenters. The first kappa shape index (κ1) is 23.2. The average Bonchev–Trinajstić information content (AvgIpc) is 2.85. The zero-order valence-electron chi connectivity index (χ0n) is 18.7. The topological polar surface area (TPSA) is 27.7 Å². The molecule has 0 spiro atoms. The van der Waals surface area contributed by atoms with Gasteiger partial charge in [-0.2, -0.15) is 0 Å². The second-order valence-corrected chi connectivity index (χ2v) is 8.32. The van der Waals surface area contributed by atoms with Gasteiger partial charge in [0.05, 0.1) is 13.2 Å². The highest BCUT2D eigenvalue weighted by Crippen LogP contribution is 2.38. The molecule has 3 aromatic carbocycles. The Balaban J connectivity index is 1.44. The van der Waals surface area contributed by atoms with Crippen LogP contribution >= 0.6 is 0 Å². The number of methoxy groups -OCH3 is 2. The average molecular weight is 457 g/mol. The van der Waals surface area contributed by atoms with E-state index in [1.165, 1.54) is 13.2 Å². The van der Waals surface area contributed by atoms with E-state index in [1.807, 2.05) is 0 Å². The van der Waals surface area contributed by atoms with Crippen LogP contribution in [0.3, 0.4) is 0 Å². The van der Waals surface area contributed by atoms with Gasteiger partial charge in [-0.3, -0.25) is 0 Å². The summed E-state index contributed by atoms with van der Waals surface area (Å²) in [6, 6.07) is 14.7. The lowest BCUT2D eigenvalue weighted by atomic mass is 9.82. The van der Waals surface area contributed by atoms with Crippen molar-refractivity contribution in [2.24, 2.45) is 0 Å². The summed E-state index contributed by atoms with van der Waals surface area (Å²) in [5.41, 5.74) is 1.87. The zero-order valence-corrected chi connectivity index (χ0v) is 18.7. The molecule has 1 aliphatic carbocycles. The second kappa shape index (κ2) is 10.3. The Bertz CT molecular complexity index is 1090. The smallest absolute Gasteiger partial charge is 0.166 e. The second-order valence-electron chi connectivity index (χ2n) is 8.32. The minimum atomic E-state index is -0.830. The van der Waals surface area contributed by atoms with Gasteiger partial charge < -0.3 is 14.2 Å². The van der Waals surface area contributed by atoms with Crippen LogP contribution in [0.1, 0.15) is 42.7 Å². The van der Waals surface area contributed by atoms with Gasteiger partial charge in [-0.05, 0) is 72.6 Å². The third-order valence-corrected chi connectivity index (χ3v) is 6.35. The highest BCUT2D eigenvalue weighted by Gasteiger charge is 2.26. The van der Waals surface area contributed by atoms with Crippen LogP contribution in [-0.2, 0) is 11.3 Å². The number of rotatable bonds is 7. The highest BCUT2D eigenvalue weighted by molar-refractivity contribution is 5.65. The maximum Gasteiger partial charge on any atom is 0.166 e. The van der Waals surface area contributed by atoms with Crippen LogP contribution in [0.2, 0.25) is 0 Å². The molecule has 0 atom stereocenters. The molecule has 1 aliphatic rings. The van der Waals surface area contributed by atoms with Crippen molar-refractivity contribution >= 4 is 0 Å². The zero-order chi connectivity index (χ0) is 23.4. The molecule has 0 bridgehead atoms. The van der Waals surface area contributed by atoms with Gasteiger partial charge in [0, 0.05) is 12.7 Å². The molecule has 1 saturated carbocycles. The predicted octanol–water partition coefficient (Wildman–Crippen LogP) is 7.03. The minimum Gasteiger partial charge on any atom is -0.494 e. The minimum absolute atomic E-state index is 0.0125. The Morgan fingerprint density at radius 2 is 1.55 bits per heavy atom. The first-order valence-corrected chi connectivity index (χ1v) is 11.1. The lowest BCUT2D eigenvalue weighted by Crippen LogP contribution is -2.20. The van der Waals surface area contributed by atoms with Crippen molar-refractivity contribution < 1.29 is 27.4 Å². The first-order chi connectivity index (χ1) is 16.0. The van der Waals surface area contributed by atoms with Gasteiger partial charge in [-0.15, -0.1) is 0 Å². The van der Waals surface area contributed by atoms with E-state index in [4.69, 9.17) is 14.2 Å². The van der Waals surface area contributed by atoms with E-state index in [0.717, 1.165) is 25.7 Å². The predicted molar refractivity (Wildman–Crippen MR) is 121 cm³/mol. The molecule has 0 saturated heterocycles. The van der Waals surface area contributed by atoms with Gasteiger partial charge in [-0.25, -0.2) is 13.2 Å². The maximum absolute atomic E-state index is 14.9. The van der Waals surface area contributed by atoms with Crippen LogP contribution in [0, 0.1) is 17.5 Å². The Labute approximate surface area is 192 Å². The van der Waals surface area contributed by atoms with E-state index in [1.54, 1.807) is 55.6 Å². The molecule has 3 nitrogen and oxygen atoms in total. The summed E-state index contributed by atoms with van der Waals surface area (Å²) in [5, 5.41) is 0. The molecule has 174 valence electrons. The van der Waals surface area contributed by atoms with Gasteiger partial charge in [0.2, 0.25) is 0 Å². The summed E-state index contributed by atoms with van der Waals surface area (Å²) in [7, 11) is 3.10. The van der Waals surface area contributed by atoms with E-state index in [0.29, 0.717) is 22.4 Å². The number of benzene rings is 3. The van der Waals surface area contributed by atoms with Gasteiger partial charge in [0.15, 0.2) is 23.2 Å². The van der Waals surface area contributed by atoms with Crippen LogP contribution < -0.4 is 9.47 Å². The fourth-order valence-corrected chi connectivity index (χ4v) is 4.41. The Morgan fingerprint density at radius 1 is 0.818 bits per heavy atom. The normalized spacial score (nSPS) is 18.2. The SMILES string of the molecule is COc1ccc(COc2ccc(-c3ccc(C4CCC(OC)CC4)c(F)c3F)cc2)cc1F. The summed E-state index contributed by atoms with van der Waals surface area (Å²) in [5.74, 6) is -1.33. The van der Waals surface area contributed by atoms with Crippen molar-refractivity contribution in [1.82, 2.24) is 0 Å². The van der Waals surface area contributed by atoms with Crippen molar-refractivity contribution in [3.8, 4) is 22.6 Å². The molecule has 3 aromatic rings. The van der Waals surface area contributed by atoms with Crippen LogP contribution in [0.4, 0.5) is 13.2 Å². The number of halogens is 3. The molecular weight excluding hydrogens is 429 g/mol. The molecule has 0 radical (unpaired) electrons. The molecule has 4 rings (SSSR count). The van der Waals surface area contributed by atoms with Crippen molar-refractivity contribution in [1.29, 1.82) is 0 Å². The molecule has 0 amide bonds. The van der Waals surface area contributed by atoms with Crippen molar-refractivity contribution in [2.75, 3.05) is 14.2 Å². The summed E-state index contributed by atoms with van der Waals surface area (Å²) in [6.07, 6.45) is 3.50. The quantitative estimate of drug-likeness (QED) is 0.382. The Morgan fingerprint density at radius 3 is 2.18 bits per heavy atom. The molecule has 0 N–H and O–H groups in total. The third kappa shape index (κ3) is 5.17. The first-order valence-electron chi connectivity index (χ1n) is 11.1. The molecule has 33 heavy (non-hydrogen) atoms. The van der Waals surface area contributed by atoms with Crippen LogP contribution in [-0.4, -0.2) is 20.3 Å². The van der Waals surface area contributed by atoms with Gasteiger partial charge in [0.25, 0.3) is 0 Å². The Hall–Kier alpha value is -2.99. The monoisotopic (exact) mass is 456 g/mol.